The summed E-state index contributed by atoms with van der Waals surface area (Å²) in [6.45, 7) is 1.97. The molecule has 0 amide bonds. The fraction of sp³-hybridized carbons (Fsp3) is 0.333. The highest BCUT2D eigenvalue weighted by Gasteiger charge is 2.46. The standard InChI is InChI=1S/C21H22ClN3O4/c1-13(26)20-23-17-12-29-21(28-11-14-6-3-2-4-7-14)19(27)18(17)25(24-20)16-9-5-8-15(22)10-16/h2-10,17-19,21,27H,11-12H2,1H3,(H,23,24)/t17-,18-,19+,21+/m1/s1. The van der Waals surface area contributed by atoms with Crippen molar-refractivity contribution in [2.75, 3.05) is 11.6 Å². The minimum Gasteiger partial charge on any atom is -0.385 e. The first-order valence-corrected chi connectivity index (χ1v) is 9.76. The zero-order chi connectivity index (χ0) is 20.4. The van der Waals surface area contributed by atoms with Crippen LogP contribution in [0, 0.1) is 0 Å². The second-order valence-electron chi connectivity index (χ2n) is 7.04. The summed E-state index contributed by atoms with van der Waals surface area (Å²) in [6.07, 6.45) is -1.82. The molecule has 2 aromatic rings. The predicted molar refractivity (Wildman–Crippen MR) is 110 cm³/mol. The van der Waals surface area contributed by atoms with Gasteiger partial charge in [0, 0.05) is 11.9 Å². The summed E-state index contributed by atoms with van der Waals surface area (Å²) in [5.41, 5.74) is 4.72. The molecule has 152 valence electrons. The Morgan fingerprint density at radius 3 is 2.83 bits per heavy atom. The summed E-state index contributed by atoms with van der Waals surface area (Å²) < 4.78 is 11.6. The van der Waals surface area contributed by atoms with Gasteiger partial charge in [-0.3, -0.25) is 20.2 Å². The molecule has 4 atom stereocenters. The van der Waals surface area contributed by atoms with Crippen LogP contribution in [-0.4, -0.2) is 47.8 Å². The predicted octanol–water partition coefficient (Wildman–Crippen LogP) is 2.32. The fourth-order valence-electron chi connectivity index (χ4n) is 3.53. The van der Waals surface area contributed by atoms with Gasteiger partial charge in [0.25, 0.3) is 0 Å². The number of aliphatic imine (C=N–C) groups is 1. The minimum absolute atomic E-state index is 0.201. The average Bonchev–Trinajstić information content (AvgIpc) is 2.73. The highest BCUT2D eigenvalue weighted by molar-refractivity contribution is 6.38. The molecule has 1 fully saturated rings. The number of fused-ring (bicyclic) bond motifs is 1. The van der Waals surface area contributed by atoms with Crippen molar-refractivity contribution in [3.05, 3.63) is 65.2 Å². The number of aliphatic hydroxyl groups is 1. The zero-order valence-corrected chi connectivity index (χ0v) is 16.6. The Morgan fingerprint density at radius 1 is 1.31 bits per heavy atom. The van der Waals surface area contributed by atoms with Gasteiger partial charge in [0.1, 0.15) is 18.2 Å². The third-order valence-corrected chi connectivity index (χ3v) is 5.19. The molecule has 2 aromatic carbocycles. The highest BCUT2D eigenvalue weighted by atomic mass is 35.5. The molecule has 29 heavy (non-hydrogen) atoms. The molecule has 0 unspecified atom stereocenters. The van der Waals surface area contributed by atoms with Crippen LogP contribution in [0.5, 0.6) is 0 Å². The molecule has 7 nitrogen and oxygen atoms in total. The number of anilines is 1. The molecule has 0 radical (unpaired) electrons. The molecule has 2 heterocycles. The quantitative estimate of drug-likeness (QED) is 0.779. The Kier molecular flexibility index (Phi) is 5.82. The summed E-state index contributed by atoms with van der Waals surface area (Å²) >= 11 is 6.16. The topological polar surface area (TPSA) is 83.4 Å². The van der Waals surface area contributed by atoms with E-state index in [-0.39, 0.29) is 18.2 Å². The van der Waals surface area contributed by atoms with E-state index in [1.165, 1.54) is 6.92 Å². The second-order valence-corrected chi connectivity index (χ2v) is 7.48. The van der Waals surface area contributed by atoms with Gasteiger partial charge in [-0.1, -0.05) is 48.0 Å². The van der Waals surface area contributed by atoms with Gasteiger partial charge in [0.2, 0.25) is 0 Å². The van der Waals surface area contributed by atoms with E-state index in [1.807, 2.05) is 42.5 Å². The van der Waals surface area contributed by atoms with Gasteiger partial charge in [0.05, 0.1) is 18.9 Å². The van der Waals surface area contributed by atoms with Crippen molar-refractivity contribution in [2.45, 2.75) is 38.0 Å². The number of rotatable bonds is 5. The van der Waals surface area contributed by atoms with Gasteiger partial charge in [-0.2, -0.15) is 0 Å². The molecule has 4 rings (SSSR count). The van der Waals surface area contributed by atoms with Gasteiger partial charge in [-0.25, -0.2) is 0 Å². The Balaban J connectivity index is 1.58. The number of carbonyl (C=O) groups is 1. The Morgan fingerprint density at radius 2 is 2.10 bits per heavy atom. The maximum absolute atomic E-state index is 11.9. The van der Waals surface area contributed by atoms with E-state index in [0.29, 0.717) is 17.3 Å². The van der Waals surface area contributed by atoms with Crippen molar-refractivity contribution in [2.24, 2.45) is 4.99 Å². The van der Waals surface area contributed by atoms with E-state index in [2.05, 4.69) is 10.4 Å². The first-order valence-electron chi connectivity index (χ1n) is 9.38. The van der Waals surface area contributed by atoms with E-state index < -0.39 is 24.5 Å². The van der Waals surface area contributed by atoms with Crippen LogP contribution >= 0.6 is 11.6 Å². The number of amidine groups is 1. The molecule has 0 aromatic heterocycles. The van der Waals surface area contributed by atoms with Crippen molar-refractivity contribution >= 4 is 28.9 Å². The number of hydrogen-bond acceptors (Lipinski definition) is 7. The van der Waals surface area contributed by atoms with Crippen LogP contribution < -0.4 is 10.4 Å². The lowest BCUT2D eigenvalue weighted by atomic mass is 9.97. The van der Waals surface area contributed by atoms with Crippen LogP contribution in [0.25, 0.3) is 0 Å². The number of halogens is 1. The number of hydrazine groups is 1. The number of nitrogens with one attached hydrogen (secondary N) is 1. The monoisotopic (exact) mass is 415 g/mol. The molecule has 1 saturated heterocycles. The highest BCUT2D eigenvalue weighted by Crippen LogP contribution is 2.30. The largest absolute Gasteiger partial charge is 0.385 e. The third kappa shape index (κ3) is 4.28. The molecular weight excluding hydrogens is 394 g/mol. The van der Waals surface area contributed by atoms with Crippen molar-refractivity contribution in [1.29, 1.82) is 0 Å². The Hall–Kier alpha value is -2.45. The molecule has 2 aliphatic rings. The van der Waals surface area contributed by atoms with Crippen LogP contribution in [0.4, 0.5) is 5.69 Å². The normalized spacial score (nSPS) is 26.3. The molecule has 2 aliphatic heterocycles. The molecular formula is C21H22ClN3O4. The van der Waals surface area contributed by atoms with E-state index >= 15 is 0 Å². The first-order chi connectivity index (χ1) is 14.0. The maximum atomic E-state index is 11.9. The third-order valence-electron chi connectivity index (χ3n) is 4.95. The van der Waals surface area contributed by atoms with Crippen molar-refractivity contribution < 1.29 is 19.4 Å². The van der Waals surface area contributed by atoms with Gasteiger partial charge in [-0.05, 0) is 23.8 Å². The van der Waals surface area contributed by atoms with Gasteiger partial charge in [0.15, 0.2) is 17.9 Å². The number of nitrogens with zero attached hydrogens (tertiary/aromatic N) is 2. The molecule has 8 heteroatoms. The van der Waals surface area contributed by atoms with E-state index in [0.717, 1.165) is 5.56 Å². The van der Waals surface area contributed by atoms with Crippen molar-refractivity contribution in [3.63, 3.8) is 0 Å². The number of carbonyl (C=O) groups excluding carboxylic acids is 1. The van der Waals surface area contributed by atoms with Crippen molar-refractivity contribution in [3.8, 4) is 0 Å². The molecule has 2 N–H and O–H groups in total. The number of ether oxygens (including phenoxy) is 2. The zero-order valence-electron chi connectivity index (χ0n) is 15.9. The maximum Gasteiger partial charge on any atom is 0.196 e. The summed E-state index contributed by atoms with van der Waals surface area (Å²) in [7, 11) is 0. The molecule has 0 aliphatic carbocycles. The lowest BCUT2D eigenvalue weighted by Gasteiger charge is -2.47. The summed E-state index contributed by atoms with van der Waals surface area (Å²) in [5, 5.41) is 13.3. The van der Waals surface area contributed by atoms with Crippen LogP contribution in [0.3, 0.4) is 0 Å². The van der Waals surface area contributed by atoms with Gasteiger partial charge < -0.3 is 14.6 Å². The molecule has 0 saturated carbocycles. The Bertz CT molecular complexity index is 908. The number of aliphatic hydroxyl groups excluding tert-OH is 1. The number of benzene rings is 2. The number of hydrogen-bond donors (Lipinski definition) is 2. The average molecular weight is 416 g/mol. The van der Waals surface area contributed by atoms with Crippen molar-refractivity contribution in [1.82, 2.24) is 5.43 Å². The van der Waals surface area contributed by atoms with E-state index in [9.17, 15) is 9.90 Å². The van der Waals surface area contributed by atoms with Crippen LogP contribution in [-0.2, 0) is 20.9 Å². The Labute approximate surface area is 173 Å². The lowest BCUT2D eigenvalue weighted by Crippen LogP contribution is -2.68. The minimum atomic E-state index is -0.999. The van der Waals surface area contributed by atoms with Crippen LogP contribution in [0.1, 0.15) is 12.5 Å². The first kappa shape index (κ1) is 19.8. The molecule has 0 spiro atoms. The van der Waals surface area contributed by atoms with Crippen LogP contribution in [0.15, 0.2) is 59.6 Å². The SMILES string of the molecule is CC(=O)C1=N[C@@H]2CO[C@H](OCc3ccccc3)[C@@H](O)[C@@H]2N(c2cccc(Cl)c2)N1. The summed E-state index contributed by atoms with van der Waals surface area (Å²) in [4.78, 5) is 16.4. The smallest absolute Gasteiger partial charge is 0.196 e. The van der Waals surface area contributed by atoms with Gasteiger partial charge in [-0.15, -0.1) is 0 Å². The summed E-state index contributed by atoms with van der Waals surface area (Å²) in [5.74, 6) is 0.0121. The number of ketones is 1. The van der Waals surface area contributed by atoms with Gasteiger partial charge >= 0.3 is 0 Å². The summed E-state index contributed by atoms with van der Waals surface area (Å²) in [6, 6.07) is 15.9. The number of Topliss-reactive ketones (excluding diaryl/α,β-unsaturated/α-hetero) is 1. The fourth-order valence-corrected chi connectivity index (χ4v) is 3.72. The lowest BCUT2D eigenvalue weighted by molar-refractivity contribution is -0.229. The van der Waals surface area contributed by atoms with E-state index in [1.54, 1.807) is 17.1 Å². The van der Waals surface area contributed by atoms with Crippen LogP contribution in [0.2, 0.25) is 5.02 Å². The second kappa shape index (κ2) is 8.51. The van der Waals surface area contributed by atoms with E-state index in [4.69, 9.17) is 21.1 Å². The molecule has 0 bridgehead atoms.